The summed E-state index contributed by atoms with van der Waals surface area (Å²) in [5.74, 6) is -0.562. The van der Waals surface area contributed by atoms with E-state index in [9.17, 15) is 15.0 Å². The third kappa shape index (κ3) is 2.45. The Balaban J connectivity index is 2.16. The molecule has 1 fully saturated rings. The number of aromatic nitrogens is 2. The zero-order valence-corrected chi connectivity index (χ0v) is 9.80. The van der Waals surface area contributed by atoms with Crippen LogP contribution in [0.5, 0.6) is 0 Å². The summed E-state index contributed by atoms with van der Waals surface area (Å²) >= 11 is 0. The van der Waals surface area contributed by atoms with Crippen molar-refractivity contribution in [1.29, 1.82) is 0 Å². The summed E-state index contributed by atoms with van der Waals surface area (Å²) < 4.78 is 6.60. The minimum atomic E-state index is -1.23. The van der Waals surface area contributed by atoms with Crippen molar-refractivity contribution in [3.63, 3.8) is 0 Å². The van der Waals surface area contributed by atoms with Gasteiger partial charge in [0.15, 0.2) is 6.23 Å². The fraction of sp³-hybridized carbons (Fsp3) is 0.455. The number of nitrogens with one attached hydrogen (secondary N) is 1. The Morgan fingerprint density at radius 2 is 2.32 bits per heavy atom. The molecular weight excluding hydrogens is 254 g/mol. The van der Waals surface area contributed by atoms with Gasteiger partial charge < -0.3 is 24.6 Å². The minimum absolute atomic E-state index is 0.0516. The Bertz CT molecular complexity index is 509. The standard InChI is InChI=1S/C11H13N3O5/c1-2-12-10(18)6-3-14(5-13-6)11-9(17)8(16)7(4-15)19-11/h1,3,5,7-9,11,15-17H,4H2,(H,12,18)/t7-,8-,9-,11-/m1/s1. The number of carbonyl (C=O) groups is 1. The molecular formula is C11H13N3O5. The number of hydrogen-bond acceptors (Lipinski definition) is 6. The van der Waals surface area contributed by atoms with Crippen molar-refractivity contribution < 1.29 is 24.9 Å². The highest BCUT2D eigenvalue weighted by atomic mass is 16.6. The first kappa shape index (κ1) is 13.5. The predicted molar refractivity (Wildman–Crippen MR) is 61.5 cm³/mol. The number of aliphatic hydroxyl groups is 3. The molecule has 8 heteroatoms. The van der Waals surface area contributed by atoms with Crippen molar-refractivity contribution in [2.75, 3.05) is 6.61 Å². The fourth-order valence-corrected chi connectivity index (χ4v) is 1.85. The molecule has 8 nitrogen and oxygen atoms in total. The Labute approximate surface area is 108 Å². The van der Waals surface area contributed by atoms with Crippen LogP contribution in [-0.4, -0.2) is 55.7 Å². The third-order valence-corrected chi connectivity index (χ3v) is 2.83. The molecule has 4 atom stereocenters. The maximum absolute atomic E-state index is 11.4. The quantitative estimate of drug-likeness (QED) is 0.365. The van der Waals surface area contributed by atoms with Gasteiger partial charge in [0.2, 0.25) is 0 Å². The predicted octanol–water partition coefficient (Wildman–Crippen LogP) is -2.18. The van der Waals surface area contributed by atoms with Gasteiger partial charge in [0.05, 0.1) is 12.9 Å². The lowest BCUT2D eigenvalue weighted by atomic mass is 10.1. The molecule has 1 aromatic heterocycles. The molecule has 0 spiro atoms. The molecule has 1 aliphatic heterocycles. The molecule has 102 valence electrons. The van der Waals surface area contributed by atoms with Crippen LogP contribution in [0.15, 0.2) is 12.5 Å². The van der Waals surface area contributed by atoms with Crippen molar-refractivity contribution in [1.82, 2.24) is 14.9 Å². The van der Waals surface area contributed by atoms with E-state index in [4.69, 9.17) is 16.3 Å². The zero-order chi connectivity index (χ0) is 14.0. The van der Waals surface area contributed by atoms with Gasteiger partial charge in [-0.2, -0.15) is 0 Å². The Morgan fingerprint density at radius 1 is 1.58 bits per heavy atom. The summed E-state index contributed by atoms with van der Waals surface area (Å²) in [7, 11) is 0. The van der Waals surface area contributed by atoms with Gasteiger partial charge in [-0.15, -0.1) is 0 Å². The summed E-state index contributed by atoms with van der Waals surface area (Å²) in [4.78, 5) is 15.2. The van der Waals surface area contributed by atoms with Gasteiger partial charge in [0.1, 0.15) is 24.0 Å². The van der Waals surface area contributed by atoms with Crippen molar-refractivity contribution in [2.45, 2.75) is 24.5 Å². The van der Waals surface area contributed by atoms with Crippen LogP contribution in [0, 0.1) is 12.5 Å². The topological polar surface area (TPSA) is 117 Å². The summed E-state index contributed by atoms with van der Waals surface area (Å²) in [6, 6.07) is 1.97. The molecule has 1 amide bonds. The number of amides is 1. The van der Waals surface area contributed by atoms with Gasteiger partial charge in [0, 0.05) is 12.2 Å². The van der Waals surface area contributed by atoms with Crippen LogP contribution in [0.3, 0.4) is 0 Å². The van der Waals surface area contributed by atoms with Gasteiger partial charge in [-0.05, 0) is 0 Å². The van der Waals surface area contributed by atoms with E-state index < -0.39 is 37.1 Å². The first-order chi connectivity index (χ1) is 9.08. The fourth-order valence-electron chi connectivity index (χ4n) is 1.85. The number of hydrogen-bond donors (Lipinski definition) is 4. The molecule has 19 heavy (non-hydrogen) atoms. The average molecular weight is 267 g/mol. The van der Waals surface area contributed by atoms with Crippen LogP contribution in [0.2, 0.25) is 0 Å². The van der Waals surface area contributed by atoms with Gasteiger partial charge in [-0.3, -0.25) is 10.1 Å². The lowest BCUT2D eigenvalue weighted by molar-refractivity contribution is -0.0528. The largest absolute Gasteiger partial charge is 0.394 e. The first-order valence-corrected chi connectivity index (χ1v) is 5.50. The number of imidazole rings is 1. The second-order valence-electron chi connectivity index (χ2n) is 4.03. The highest BCUT2D eigenvalue weighted by Gasteiger charge is 2.43. The summed E-state index contributed by atoms with van der Waals surface area (Å²) in [6.07, 6.45) is 3.28. The lowest BCUT2D eigenvalue weighted by Gasteiger charge is -2.15. The molecule has 0 radical (unpaired) electrons. The molecule has 1 aromatic rings. The highest BCUT2D eigenvalue weighted by molar-refractivity contribution is 5.93. The molecule has 0 saturated carbocycles. The average Bonchev–Trinajstić information content (AvgIpc) is 2.97. The smallest absolute Gasteiger partial charge is 0.282 e. The van der Waals surface area contributed by atoms with E-state index >= 15 is 0 Å². The zero-order valence-electron chi connectivity index (χ0n) is 9.80. The van der Waals surface area contributed by atoms with E-state index in [0.717, 1.165) is 0 Å². The van der Waals surface area contributed by atoms with Crippen LogP contribution in [-0.2, 0) is 4.74 Å². The van der Waals surface area contributed by atoms with E-state index in [1.807, 2.05) is 6.04 Å². The maximum Gasteiger partial charge on any atom is 0.282 e. The first-order valence-electron chi connectivity index (χ1n) is 5.50. The molecule has 0 aliphatic carbocycles. The van der Waals surface area contributed by atoms with Crippen LogP contribution in [0.25, 0.3) is 0 Å². The highest BCUT2D eigenvalue weighted by Crippen LogP contribution is 2.29. The molecule has 2 rings (SSSR count). The van der Waals surface area contributed by atoms with Crippen LogP contribution in [0.1, 0.15) is 16.7 Å². The van der Waals surface area contributed by atoms with Crippen LogP contribution in [0.4, 0.5) is 0 Å². The molecule has 2 heterocycles. The lowest BCUT2D eigenvalue weighted by Crippen LogP contribution is -2.33. The van der Waals surface area contributed by atoms with E-state index in [-0.39, 0.29) is 5.69 Å². The summed E-state index contributed by atoms with van der Waals surface area (Å²) in [5, 5.41) is 30.5. The van der Waals surface area contributed by atoms with Gasteiger partial charge >= 0.3 is 0 Å². The SMILES string of the molecule is C#CNC(=O)c1cn([C@@H]2O[C@H](CO)[C@@H](O)[C@H]2O)cn1. The van der Waals surface area contributed by atoms with Crippen molar-refractivity contribution in [2.24, 2.45) is 0 Å². The normalized spacial score (nSPS) is 30.0. The molecule has 1 aliphatic rings. The number of nitrogens with zero attached hydrogens (tertiary/aromatic N) is 2. The van der Waals surface area contributed by atoms with Crippen molar-refractivity contribution in [3.05, 3.63) is 18.2 Å². The summed E-state index contributed by atoms with van der Waals surface area (Å²) in [6.45, 7) is -0.423. The number of aliphatic hydroxyl groups excluding tert-OH is 3. The van der Waals surface area contributed by atoms with Crippen molar-refractivity contribution in [3.8, 4) is 12.5 Å². The minimum Gasteiger partial charge on any atom is -0.394 e. The van der Waals surface area contributed by atoms with E-state index in [0.29, 0.717) is 0 Å². The second kappa shape index (κ2) is 5.38. The number of carbonyl (C=O) groups excluding carboxylic acids is 1. The Kier molecular flexibility index (Phi) is 3.82. The van der Waals surface area contributed by atoms with Crippen LogP contribution >= 0.6 is 0 Å². The molecule has 0 bridgehead atoms. The van der Waals surface area contributed by atoms with Gasteiger partial charge in [0.25, 0.3) is 5.91 Å². The number of terminal acetylenes is 1. The third-order valence-electron chi connectivity index (χ3n) is 2.83. The van der Waals surface area contributed by atoms with E-state index in [1.165, 1.54) is 17.1 Å². The van der Waals surface area contributed by atoms with E-state index in [2.05, 4.69) is 10.3 Å². The Morgan fingerprint density at radius 3 is 2.89 bits per heavy atom. The van der Waals surface area contributed by atoms with Gasteiger partial charge in [-0.1, -0.05) is 6.42 Å². The Hall–Kier alpha value is -1.92. The van der Waals surface area contributed by atoms with Gasteiger partial charge in [-0.25, -0.2) is 4.98 Å². The number of rotatable bonds is 3. The summed E-state index contributed by atoms with van der Waals surface area (Å²) in [5.41, 5.74) is 0.0516. The molecule has 4 N–H and O–H groups in total. The molecule has 1 saturated heterocycles. The monoisotopic (exact) mass is 267 g/mol. The molecule has 0 unspecified atom stereocenters. The van der Waals surface area contributed by atoms with Crippen LogP contribution < -0.4 is 5.32 Å². The molecule has 0 aromatic carbocycles. The maximum atomic E-state index is 11.4. The van der Waals surface area contributed by atoms with E-state index in [1.54, 1.807) is 0 Å². The second-order valence-corrected chi connectivity index (χ2v) is 4.03. The number of ether oxygens (including phenoxy) is 1. The van der Waals surface area contributed by atoms with Crippen molar-refractivity contribution >= 4 is 5.91 Å².